The predicted octanol–water partition coefficient (Wildman–Crippen LogP) is 6.15. The number of nitrogens with zero attached hydrogens (tertiary/aromatic N) is 4. The van der Waals surface area contributed by atoms with Gasteiger partial charge in [-0.25, -0.2) is 14.5 Å². The van der Waals surface area contributed by atoms with Crippen LogP contribution in [0, 0.1) is 0 Å². The number of hydrogen-bond donors (Lipinski definition) is 0. The van der Waals surface area contributed by atoms with Crippen molar-refractivity contribution < 1.29 is 14.3 Å². The zero-order chi connectivity index (χ0) is 23.9. The van der Waals surface area contributed by atoms with Crippen molar-refractivity contribution in [2.45, 2.75) is 89.7 Å². The highest BCUT2D eigenvalue weighted by molar-refractivity contribution is 7.15. The third-order valence-electron chi connectivity index (χ3n) is 6.87. The molecule has 1 saturated carbocycles. The topological polar surface area (TPSA) is 75.6 Å². The molecule has 4 rings (SSSR count). The summed E-state index contributed by atoms with van der Waals surface area (Å²) in [6.07, 6.45) is 11.7. The van der Waals surface area contributed by atoms with Crippen molar-refractivity contribution in [3.8, 4) is 0 Å². The Hall–Kier alpha value is -2.48. The monoisotopic (exact) mass is 484 g/mol. The predicted molar refractivity (Wildman–Crippen MR) is 134 cm³/mol. The summed E-state index contributed by atoms with van der Waals surface area (Å²) in [5.41, 5.74) is 1.73. The van der Waals surface area contributed by atoms with E-state index in [1.165, 1.54) is 60.3 Å². The molecular weight excluding hydrogens is 448 g/mol. The number of amides is 2. The van der Waals surface area contributed by atoms with Gasteiger partial charge in [-0.1, -0.05) is 68.9 Å². The van der Waals surface area contributed by atoms with Crippen molar-refractivity contribution in [2.24, 2.45) is 0 Å². The van der Waals surface area contributed by atoms with Crippen LogP contribution in [0.1, 0.15) is 98.0 Å². The zero-order valence-corrected chi connectivity index (χ0v) is 21.2. The van der Waals surface area contributed by atoms with Crippen LogP contribution in [0.3, 0.4) is 0 Å². The molecule has 2 aliphatic rings. The molecule has 0 spiro atoms. The lowest BCUT2D eigenvalue weighted by molar-refractivity contribution is 0.0229. The Morgan fingerprint density at radius 2 is 1.82 bits per heavy atom. The highest BCUT2D eigenvalue weighted by Gasteiger charge is 2.38. The largest absolute Gasteiger partial charge is 0.437 e. The average Bonchev–Trinajstić information content (AvgIpc) is 3.35. The number of carbonyl (C=O) groups excluding carboxylic acids is 2. The van der Waals surface area contributed by atoms with Gasteiger partial charge in [0.05, 0.1) is 5.56 Å². The second-order valence-corrected chi connectivity index (χ2v) is 10.5. The van der Waals surface area contributed by atoms with Crippen molar-refractivity contribution >= 4 is 28.5 Å². The van der Waals surface area contributed by atoms with Gasteiger partial charge < -0.3 is 9.64 Å². The number of hydrogen-bond acceptors (Lipinski definition) is 6. The number of unbranched alkanes of at least 4 members (excludes halogenated alkanes) is 3. The molecule has 1 aliphatic carbocycles. The summed E-state index contributed by atoms with van der Waals surface area (Å²) in [6.45, 7) is 2.73. The maximum atomic E-state index is 13.0. The highest BCUT2D eigenvalue weighted by atomic mass is 32.1. The second kappa shape index (κ2) is 11.8. The summed E-state index contributed by atoms with van der Waals surface area (Å²) in [5, 5.41) is 10.2. The maximum Gasteiger partial charge on any atom is 0.340 e. The van der Waals surface area contributed by atoms with Gasteiger partial charge in [0, 0.05) is 25.9 Å². The number of aromatic nitrogens is 2. The molecule has 0 N–H and O–H groups in total. The van der Waals surface area contributed by atoms with Gasteiger partial charge in [-0.2, -0.15) is 0 Å². The number of benzene rings is 1. The summed E-state index contributed by atoms with van der Waals surface area (Å²) in [6, 6.07) is 7.44. The van der Waals surface area contributed by atoms with Gasteiger partial charge in [-0.3, -0.25) is 0 Å². The number of ether oxygens (including phenoxy) is 1. The molecule has 0 radical (unpaired) electrons. The standard InChI is InChI=1S/C26H36N4O3S/c1-3-4-5-7-10-19-13-15-21(16-14-19)24(31)33-22-17-18-29(2)26(32)30(22)25-28-27-23(34-25)20-11-8-6-9-12-20/h13-16,20,22H,3-12,17-18H2,1-2H3. The molecular formula is C26H36N4O3S. The molecule has 1 saturated heterocycles. The van der Waals surface area contributed by atoms with Gasteiger partial charge >= 0.3 is 12.0 Å². The first kappa shape index (κ1) is 24.6. The van der Waals surface area contributed by atoms with E-state index in [9.17, 15) is 9.59 Å². The van der Waals surface area contributed by atoms with Crippen LogP contribution in [-0.4, -0.2) is 46.9 Å². The lowest BCUT2D eigenvalue weighted by Crippen LogP contribution is -2.54. The van der Waals surface area contributed by atoms with Crippen molar-refractivity contribution in [2.75, 3.05) is 18.5 Å². The van der Waals surface area contributed by atoms with E-state index < -0.39 is 12.2 Å². The molecule has 1 aliphatic heterocycles. The van der Waals surface area contributed by atoms with Crippen molar-refractivity contribution in [1.29, 1.82) is 0 Å². The minimum atomic E-state index is -0.683. The van der Waals surface area contributed by atoms with Crippen LogP contribution >= 0.6 is 11.3 Å². The van der Waals surface area contributed by atoms with E-state index in [-0.39, 0.29) is 6.03 Å². The van der Waals surface area contributed by atoms with E-state index in [1.807, 2.05) is 24.3 Å². The lowest BCUT2D eigenvalue weighted by atomic mass is 9.90. The molecule has 2 aromatic rings. The minimum Gasteiger partial charge on any atom is -0.437 e. The molecule has 2 amide bonds. The maximum absolute atomic E-state index is 13.0. The Morgan fingerprint density at radius 1 is 1.06 bits per heavy atom. The zero-order valence-electron chi connectivity index (χ0n) is 20.4. The van der Waals surface area contributed by atoms with Crippen molar-refractivity contribution in [3.05, 3.63) is 40.4 Å². The molecule has 1 atom stereocenters. The lowest BCUT2D eigenvalue weighted by Gasteiger charge is -2.37. The van der Waals surface area contributed by atoms with Gasteiger partial charge in [-0.15, -0.1) is 10.2 Å². The molecule has 34 heavy (non-hydrogen) atoms. The van der Waals surface area contributed by atoms with Gasteiger partial charge in [0.1, 0.15) is 5.01 Å². The molecule has 0 bridgehead atoms. The van der Waals surface area contributed by atoms with Crippen LogP contribution in [0.5, 0.6) is 0 Å². The third-order valence-corrected chi connectivity index (χ3v) is 7.96. The Labute approximate surface area is 206 Å². The number of anilines is 1. The van der Waals surface area contributed by atoms with E-state index in [2.05, 4.69) is 17.1 Å². The average molecular weight is 485 g/mol. The molecule has 7 nitrogen and oxygen atoms in total. The van der Waals surface area contributed by atoms with Crippen molar-refractivity contribution in [3.63, 3.8) is 0 Å². The van der Waals surface area contributed by atoms with Gasteiger partial charge in [0.15, 0.2) is 6.23 Å². The van der Waals surface area contributed by atoms with Gasteiger partial charge in [0.2, 0.25) is 5.13 Å². The molecule has 2 heterocycles. The fourth-order valence-corrected chi connectivity index (χ4v) is 5.79. The van der Waals surface area contributed by atoms with Crippen LogP contribution in [0.4, 0.5) is 9.93 Å². The van der Waals surface area contributed by atoms with E-state index >= 15 is 0 Å². The first-order valence-corrected chi connectivity index (χ1v) is 13.6. The molecule has 184 valence electrons. The van der Waals surface area contributed by atoms with Crippen LogP contribution in [0.15, 0.2) is 24.3 Å². The van der Waals surface area contributed by atoms with Crippen LogP contribution in [-0.2, 0) is 11.2 Å². The Kier molecular flexibility index (Phi) is 8.53. The summed E-state index contributed by atoms with van der Waals surface area (Å²) in [7, 11) is 1.76. The summed E-state index contributed by atoms with van der Waals surface area (Å²) >= 11 is 1.46. The molecule has 1 aromatic carbocycles. The molecule has 2 fully saturated rings. The smallest absolute Gasteiger partial charge is 0.340 e. The molecule has 8 heteroatoms. The van der Waals surface area contributed by atoms with E-state index in [0.29, 0.717) is 29.6 Å². The first-order chi connectivity index (χ1) is 16.6. The van der Waals surface area contributed by atoms with Crippen LogP contribution < -0.4 is 4.90 Å². The Morgan fingerprint density at radius 3 is 2.56 bits per heavy atom. The number of rotatable bonds is 9. The van der Waals surface area contributed by atoms with E-state index in [4.69, 9.17) is 4.74 Å². The molecule has 1 aromatic heterocycles. The number of aryl methyl sites for hydroxylation is 1. The summed E-state index contributed by atoms with van der Waals surface area (Å²) in [4.78, 5) is 29.1. The quantitative estimate of drug-likeness (QED) is 0.315. The molecule has 1 unspecified atom stereocenters. The van der Waals surface area contributed by atoms with E-state index in [0.717, 1.165) is 30.7 Å². The number of carbonyl (C=O) groups is 2. The Bertz CT molecular complexity index is 955. The fourth-order valence-electron chi connectivity index (χ4n) is 4.75. The second-order valence-electron chi connectivity index (χ2n) is 9.49. The van der Waals surface area contributed by atoms with Crippen molar-refractivity contribution in [1.82, 2.24) is 15.1 Å². The fraction of sp³-hybridized carbons (Fsp3) is 0.615. The van der Waals surface area contributed by atoms with E-state index in [1.54, 1.807) is 11.9 Å². The van der Waals surface area contributed by atoms with Crippen LogP contribution in [0.25, 0.3) is 0 Å². The normalized spacial score (nSPS) is 19.5. The van der Waals surface area contributed by atoms with Gasteiger partial charge in [0.25, 0.3) is 0 Å². The van der Waals surface area contributed by atoms with Crippen LogP contribution in [0.2, 0.25) is 0 Å². The summed E-state index contributed by atoms with van der Waals surface area (Å²) < 4.78 is 5.85. The minimum absolute atomic E-state index is 0.210. The number of urea groups is 1. The first-order valence-electron chi connectivity index (χ1n) is 12.7. The SMILES string of the molecule is CCCCCCc1ccc(C(=O)OC2CCN(C)C(=O)N2c2nnc(C3CCCCC3)s2)cc1. The summed E-state index contributed by atoms with van der Waals surface area (Å²) in [5.74, 6) is 0.000940. The highest BCUT2D eigenvalue weighted by Crippen LogP contribution is 2.37. The number of esters is 1. The third kappa shape index (κ3) is 5.95. The Balaban J connectivity index is 1.43. The van der Waals surface area contributed by atoms with Gasteiger partial charge in [-0.05, 0) is 43.4 Å².